The molecule has 0 aliphatic carbocycles. The minimum absolute atomic E-state index is 0.138. The first-order chi connectivity index (χ1) is 17.2. The first-order valence-electron chi connectivity index (χ1n) is 12.7. The Bertz CT molecular complexity index is 1450. The van der Waals surface area contributed by atoms with Crippen molar-refractivity contribution in [1.29, 1.82) is 0 Å². The zero-order valence-corrected chi connectivity index (χ0v) is 20.2. The van der Waals surface area contributed by atoms with Gasteiger partial charge in [0.1, 0.15) is 0 Å². The number of benzene rings is 3. The molecule has 1 aromatic heterocycles. The smallest absolute Gasteiger partial charge is 0.331 e. The molecule has 0 amide bonds. The van der Waals surface area contributed by atoms with E-state index in [9.17, 15) is 4.79 Å². The number of nitrogens with zero attached hydrogens (tertiary/aromatic N) is 4. The number of aromatic nitrogens is 2. The number of H-pyrrole nitrogens is 1. The van der Waals surface area contributed by atoms with E-state index in [0.717, 1.165) is 58.7 Å². The Kier molecular flexibility index (Phi) is 5.74. The van der Waals surface area contributed by atoms with Crippen molar-refractivity contribution in [2.75, 3.05) is 37.6 Å². The number of para-hydroxylation sites is 2. The quantitative estimate of drug-likeness (QED) is 0.380. The first kappa shape index (κ1) is 21.9. The van der Waals surface area contributed by atoms with Crippen LogP contribution < -0.4 is 10.6 Å². The van der Waals surface area contributed by atoms with E-state index >= 15 is 0 Å². The van der Waals surface area contributed by atoms with Gasteiger partial charge in [0.25, 0.3) is 0 Å². The topological polar surface area (TPSA) is 56.6 Å². The van der Waals surface area contributed by atoms with Crippen molar-refractivity contribution < 1.29 is 0 Å². The molecule has 0 unspecified atom stereocenters. The molecule has 1 saturated heterocycles. The van der Waals surface area contributed by atoms with Crippen LogP contribution in [0.3, 0.4) is 0 Å². The average Bonchev–Trinajstić information content (AvgIpc) is 3.03. The van der Waals surface area contributed by atoms with Crippen LogP contribution in [0.5, 0.6) is 0 Å². The molecule has 4 aromatic rings. The highest BCUT2D eigenvalue weighted by Gasteiger charge is 2.20. The van der Waals surface area contributed by atoms with Crippen molar-refractivity contribution in [1.82, 2.24) is 14.5 Å². The van der Waals surface area contributed by atoms with E-state index < -0.39 is 0 Å². The van der Waals surface area contributed by atoms with Gasteiger partial charge in [-0.25, -0.2) is 4.79 Å². The van der Waals surface area contributed by atoms with Crippen molar-refractivity contribution in [3.05, 3.63) is 76.7 Å². The molecule has 0 saturated carbocycles. The monoisotopic (exact) mass is 465 g/mol. The first-order valence-corrected chi connectivity index (χ1v) is 12.7. The second-order valence-electron chi connectivity index (χ2n) is 9.52. The lowest BCUT2D eigenvalue weighted by Crippen LogP contribution is -2.31. The number of hydrogen-bond donors (Lipinski definition) is 1. The number of unbranched alkanes of at least 4 members (excludes halogenated alkanes) is 1. The van der Waals surface area contributed by atoms with Gasteiger partial charge in [-0.05, 0) is 55.8 Å². The summed E-state index contributed by atoms with van der Waals surface area (Å²) in [5.41, 5.74) is 7.54. The lowest BCUT2D eigenvalue weighted by Gasteiger charge is -2.24. The van der Waals surface area contributed by atoms with Crippen LogP contribution in [0.2, 0.25) is 0 Å². The fraction of sp³-hybridized carbons (Fsp3) is 0.310. The molecule has 6 heteroatoms. The van der Waals surface area contributed by atoms with Gasteiger partial charge in [-0.1, -0.05) is 49.7 Å². The third-order valence-electron chi connectivity index (χ3n) is 7.28. The normalized spacial score (nSPS) is 15.7. The van der Waals surface area contributed by atoms with Crippen LogP contribution >= 0.6 is 0 Å². The zero-order chi connectivity index (χ0) is 23.8. The van der Waals surface area contributed by atoms with Crippen LogP contribution in [-0.4, -0.2) is 53.4 Å². The fourth-order valence-electron chi connectivity index (χ4n) is 5.42. The lowest BCUT2D eigenvalue weighted by molar-refractivity contribution is 0.289. The van der Waals surface area contributed by atoms with Crippen LogP contribution in [-0.2, 0) is 0 Å². The zero-order valence-electron chi connectivity index (χ0n) is 20.2. The molecular weight excluding hydrogens is 434 g/mol. The van der Waals surface area contributed by atoms with E-state index in [1.54, 1.807) is 4.57 Å². The maximum absolute atomic E-state index is 12.9. The number of aliphatic imine (C=N–C) groups is 1. The largest absolute Gasteiger partial charge is 0.370 e. The molecule has 1 N–H and O–H groups in total. The third-order valence-corrected chi connectivity index (χ3v) is 7.28. The van der Waals surface area contributed by atoms with Crippen LogP contribution in [0, 0.1) is 0 Å². The third kappa shape index (κ3) is 3.98. The van der Waals surface area contributed by atoms with Gasteiger partial charge in [-0.2, -0.15) is 0 Å². The highest BCUT2D eigenvalue weighted by molar-refractivity contribution is 6.02. The standard InChI is InChI=1S/C29H31N5O/c1-2-3-15-32-16-6-17-33(19-18-32)23-13-11-21(12-14-23)24-8-5-10-26-27(24)30-20-22-7-4-9-25-28(22)34(26)29(35)31-25/h4-5,7-14,20H,2-3,6,15-19H2,1H3,(H,31,35). The number of hydrogen-bond acceptors (Lipinski definition) is 4. The molecule has 178 valence electrons. The SMILES string of the molecule is CCCCN1CCCN(c2ccc(-c3cccc4c3N=Cc3cccc5[nH]c(=O)n-4c35)cc2)CC1. The van der Waals surface area contributed by atoms with Crippen LogP contribution in [0.1, 0.15) is 31.7 Å². The highest BCUT2D eigenvalue weighted by Crippen LogP contribution is 2.38. The summed E-state index contributed by atoms with van der Waals surface area (Å²) in [6.07, 6.45) is 5.61. The van der Waals surface area contributed by atoms with Crippen molar-refractivity contribution in [2.24, 2.45) is 4.99 Å². The Morgan fingerprint density at radius 1 is 0.943 bits per heavy atom. The summed E-state index contributed by atoms with van der Waals surface area (Å²) in [4.78, 5) is 25.8. The van der Waals surface area contributed by atoms with Crippen molar-refractivity contribution in [3.63, 3.8) is 0 Å². The molecule has 2 aliphatic rings. The Balaban J connectivity index is 1.32. The predicted molar refractivity (Wildman–Crippen MR) is 145 cm³/mol. The Labute approximate surface area is 205 Å². The molecule has 0 radical (unpaired) electrons. The van der Waals surface area contributed by atoms with Crippen molar-refractivity contribution in [3.8, 4) is 16.8 Å². The Morgan fingerprint density at radius 3 is 2.66 bits per heavy atom. The fourth-order valence-corrected chi connectivity index (χ4v) is 5.42. The summed E-state index contributed by atoms with van der Waals surface area (Å²) >= 11 is 0. The van der Waals surface area contributed by atoms with Gasteiger partial charge in [-0.15, -0.1) is 0 Å². The van der Waals surface area contributed by atoms with E-state index in [1.807, 2.05) is 36.5 Å². The summed E-state index contributed by atoms with van der Waals surface area (Å²) < 4.78 is 1.76. The molecule has 3 heterocycles. The van der Waals surface area contributed by atoms with E-state index in [2.05, 4.69) is 52.0 Å². The molecule has 2 aliphatic heterocycles. The van der Waals surface area contributed by atoms with Crippen LogP contribution in [0.25, 0.3) is 27.8 Å². The summed E-state index contributed by atoms with van der Waals surface area (Å²) in [7, 11) is 0. The van der Waals surface area contributed by atoms with Gasteiger partial charge in [0, 0.05) is 42.7 Å². The number of anilines is 1. The number of rotatable bonds is 5. The Hall–Kier alpha value is -3.64. The summed E-state index contributed by atoms with van der Waals surface area (Å²) in [5, 5.41) is 0. The molecule has 6 nitrogen and oxygen atoms in total. The Morgan fingerprint density at radius 2 is 1.80 bits per heavy atom. The summed E-state index contributed by atoms with van der Waals surface area (Å²) in [6, 6.07) is 20.8. The molecule has 0 bridgehead atoms. The highest BCUT2D eigenvalue weighted by atomic mass is 16.1. The number of nitrogens with one attached hydrogen (secondary N) is 1. The molecule has 6 rings (SSSR count). The second-order valence-corrected chi connectivity index (χ2v) is 9.52. The van der Waals surface area contributed by atoms with Crippen LogP contribution in [0.15, 0.2) is 70.5 Å². The molecule has 3 aromatic carbocycles. The van der Waals surface area contributed by atoms with Gasteiger partial charge >= 0.3 is 5.69 Å². The van der Waals surface area contributed by atoms with Crippen LogP contribution in [0.4, 0.5) is 11.4 Å². The van der Waals surface area contributed by atoms with E-state index in [4.69, 9.17) is 4.99 Å². The molecular formula is C29H31N5O. The van der Waals surface area contributed by atoms with E-state index in [-0.39, 0.29) is 5.69 Å². The van der Waals surface area contributed by atoms with Gasteiger partial charge in [0.15, 0.2) is 0 Å². The maximum atomic E-state index is 12.9. The minimum atomic E-state index is -0.138. The van der Waals surface area contributed by atoms with Gasteiger partial charge in [0.05, 0.1) is 22.4 Å². The van der Waals surface area contributed by atoms with Crippen molar-refractivity contribution in [2.45, 2.75) is 26.2 Å². The van der Waals surface area contributed by atoms with Gasteiger partial charge in [0.2, 0.25) is 0 Å². The molecule has 0 atom stereocenters. The average molecular weight is 466 g/mol. The van der Waals surface area contributed by atoms with Crippen molar-refractivity contribution >= 4 is 28.6 Å². The number of fused-ring (bicyclic) bond motifs is 2. The van der Waals surface area contributed by atoms with Gasteiger partial charge < -0.3 is 14.8 Å². The lowest BCUT2D eigenvalue weighted by atomic mass is 10.0. The maximum Gasteiger partial charge on any atom is 0.331 e. The summed E-state index contributed by atoms with van der Waals surface area (Å²) in [6.45, 7) is 7.96. The van der Waals surface area contributed by atoms with E-state index in [0.29, 0.717) is 0 Å². The number of imidazole rings is 1. The minimum Gasteiger partial charge on any atom is -0.370 e. The molecule has 0 spiro atoms. The van der Waals surface area contributed by atoms with E-state index in [1.165, 1.54) is 38.0 Å². The van der Waals surface area contributed by atoms with Gasteiger partial charge in [-0.3, -0.25) is 9.56 Å². The predicted octanol–water partition coefficient (Wildman–Crippen LogP) is 5.36. The molecule has 1 fully saturated rings. The second kappa shape index (κ2) is 9.19. The number of aromatic amines is 1. The molecule has 35 heavy (non-hydrogen) atoms. The summed E-state index contributed by atoms with van der Waals surface area (Å²) in [5.74, 6) is 0.